The molecule has 0 aliphatic carbocycles. The zero-order chi connectivity index (χ0) is 13.8. The average molecular weight is 266 g/mol. The quantitative estimate of drug-likeness (QED) is 0.785. The predicted molar refractivity (Wildman–Crippen MR) is 74.7 cm³/mol. The second kappa shape index (κ2) is 5.63. The fourth-order valence-electron chi connectivity index (χ4n) is 2.08. The Kier molecular flexibility index (Phi) is 3.52. The number of imidazole rings is 1. The highest BCUT2D eigenvalue weighted by Gasteiger charge is 2.12. The van der Waals surface area contributed by atoms with Gasteiger partial charge in [-0.3, -0.25) is 9.97 Å². The molecule has 0 saturated heterocycles. The summed E-state index contributed by atoms with van der Waals surface area (Å²) < 4.78 is 1.92. The van der Waals surface area contributed by atoms with Gasteiger partial charge < -0.3 is 9.67 Å². The number of aliphatic hydroxyl groups is 1. The van der Waals surface area contributed by atoms with Crippen LogP contribution in [0.3, 0.4) is 0 Å². The lowest BCUT2D eigenvalue weighted by atomic mass is 10.1. The standard InChI is InChI=1S/C15H14N4O/c20-14(13-2-1-5-17-10-13)11-19-9-8-18-15(19)12-3-6-16-7-4-12/h1-10,14,20H,11H2/t14-/m1/s1. The zero-order valence-corrected chi connectivity index (χ0v) is 10.8. The van der Waals surface area contributed by atoms with Gasteiger partial charge in [0.15, 0.2) is 0 Å². The Bertz CT molecular complexity index is 667. The molecule has 0 unspecified atom stereocenters. The van der Waals surface area contributed by atoms with Crippen LogP contribution < -0.4 is 0 Å². The topological polar surface area (TPSA) is 63.8 Å². The number of pyridine rings is 2. The Morgan fingerprint density at radius 3 is 2.65 bits per heavy atom. The molecule has 1 N–H and O–H groups in total. The SMILES string of the molecule is O[C@H](Cn1ccnc1-c1ccncc1)c1cccnc1. The minimum Gasteiger partial charge on any atom is -0.386 e. The maximum absolute atomic E-state index is 10.3. The monoisotopic (exact) mass is 266 g/mol. The van der Waals surface area contributed by atoms with Crippen molar-refractivity contribution in [3.05, 3.63) is 67.0 Å². The van der Waals surface area contributed by atoms with Crippen LogP contribution in [0.15, 0.2) is 61.4 Å². The van der Waals surface area contributed by atoms with Crippen LogP contribution in [0.4, 0.5) is 0 Å². The van der Waals surface area contributed by atoms with E-state index in [1.165, 1.54) is 0 Å². The zero-order valence-electron chi connectivity index (χ0n) is 10.8. The molecule has 3 aromatic heterocycles. The summed E-state index contributed by atoms with van der Waals surface area (Å²) in [6, 6.07) is 7.47. The lowest BCUT2D eigenvalue weighted by Gasteiger charge is -2.13. The van der Waals surface area contributed by atoms with E-state index in [-0.39, 0.29) is 0 Å². The van der Waals surface area contributed by atoms with E-state index in [2.05, 4.69) is 15.0 Å². The fraction of sp³-hybridized carbons (Fsp3) is 0.133. The number of aromatic nitrogens is 4. The minimum atomic E-state index is -0.613. The normalized spacial score (nSPS) is 12.2. The first kappa shape index (κ1) is 12.5. The molecule has 0 radical (unpaired) electrons. The van der Waals surface area contributed by atoms with Gasteiger partial charge in [-0.05, 0) is 18.2 Å². The van der Waals surface area contributed by atoms with Gasteiger partial charge in [0, 0.05) is 48.3 Å². The van der Waals surface area contributed by atoms with E-state index in [1.54, 1.807) is 31.0 Å². The molecule has 0 saturated carbocycles. The van der Waals surface area contributed by atoms with Crippen LogP contribution >= 0.6 is 0 Å². The fourth-order valence-corrected chi connectivity index (χ4v) is 2.08. The summed E-state index contributed by atoms with van der Waals surface area (Å²) in [7, 11) is 0. The molecular weight excluding hydrogens is 252 g/mol. The van der Waals surface area contributed by atoms with Crippen molar-refractivity contribution in [3.8, 4) is 11.4 Å². The number of hydrogen-bond donors (Lipinski definition) is 1. The van der Waals surface area contributed by atoms with E-state index in [1.807, 2.05) is 35.0 Å². The molecule has 0 aliphatic rings. The highest BCUT2D eigenvalue weighted by atomic mass is 16.3. The van der Waals surface area contributed by atoms with E-state index in [9.17, 15) is 5.11 Å². The molecule has 0 aliphatic heterocycles. The van der Waals surface area contributed by atoms with Crippen molar-refractivity contribution in [2.75, 3.05) is 0 Å². The largest absolute Gasteiger partial charge is 0.386 e. The van der Waals surface area contributed by atoms with Crippen molar-refractivity contribution < 1.29 is 5.11 Å². The molecule has 5 nitrogen and oxygen atoms in total. The Morgan fingerprint density at radius 2 is 1.90 bits per heavy atom. The molecule has 100 valence electrons. The third kappa shape index (κ3) is 2.57. The predicted octanol–water partition coefficient (Wildman–Crippen LogP) is 2.07. The van der Waals surface area contributed by atoms with Crippen molar-refractivity contribution >= 4 is 0 Å². The smallest absolute Gasteiger partial charge is 0.140 e. The van der Waals surface area contributed by atoms with Gasteiger partial charge in [-0.25, -0.2) is 4.98 Å². The third-order valence-corrected chi connectivity index (χ3v) is 3.09. The van der Waals surface area contributed by atoms with Gasteiger partial charge in [-0.2, -0.15) is 0 Å². The van der Waals surface area contributed by atoms with Crippen LogP contribution in [0.2, 0.25) is 0 Å². The highest BCUT2D eigenvalue weighted by Crippen LogP contribution is 2.20. The molecule has 3 heterocycles. The summed E-state index contributed by atoms with van der Waals surface area (Å²) in [5, 5.41) is 10.3. The second-order valence-electron chi connectivity index (χ2n) is 4.44. The molecule has 3 rings (SSSR count). The number of nitrogens with zero attached hydrogens (tertiary/aromatic N) is 4. The number of rotatable bonds is 4. The highest BCUT2D eigenvalue weighted by molar-refractivity contribution is 5.54. The van der Waals surface area contributed by atoms with E-state index >= 15 is 0 Å². The summed E-state index contributed by atoms with van der Waals surface area (Å²) in [6.07, 6.45) is 9.79. The molecule has 20 heavy (non-hydrogen) atoms. The van der Waals surface area contributed by atoms with Crippen LogP contribution in [-0.2, 0) is 6.54 Å². The minimum absolute atomic E-state index is 0.434. The van der Waals surface area contributed by atoms with Gasteiger partial charge in [-0.1, -0.05) is 6.07 Å². The van der Waals surface area contributed by atoms with Crippen LogP contribution in [0.1, 0.15) is 11.7 Å². The van der Waals surface area contributed by atoms with Crippen molar-refractivity contribution in [1.82, 2.24) is 19.5 Å². The summed E-state index contributed by atoms with van der Waals surface area (Å²) in [6.45, 7) is 0.434. The average Bonchev–Trinajstić information content (AvgIpc) is 2.97. The lowest BCUT2D eigenvalue weighted by molar-refractivity contribution is 0.156. The molecule has 0 fully saturated rings. The maximum atomic E-state index is 10.3. The Balaban J connectivity index is 1.84. The molecule has 0 bridgehead atoms. The molecule has 5 heteroatoms. The first-order valence-electron chi connectivity index (χ1n) is 6.34. The summed E-state index contributed by atoms with van der Waals surface area (Å²) in [4.78, 5) is 12.4. The molecule has 1 atom stereocenters. The molecule has 0 aromatic carbocycles. The Hall–Kier alpha value is -2.53. The van der Waals surface area contributed by atoms with Crippen LogP contribution in [0, 0.1) is 0 Å². The molecule has 0 amide bonds. The first-order valence-corrected chi connectivity index (χ1v) is 6.34. The van der Waals surface area contributed by atoms with E-state index in [0.29, 0.717) is 6.54 Å². The van der Waals surface area contributed by atoms with Gasteiger partial charge in [0.2, 0.25) is 0 Å². The van der Waals surface area contributed by atoms with E-state index < -0.39 is 6.10 Å². The van der Waals surface area contributed by atoms with Gasteiger partial charge >= 0.3 is 0 Å². The molecule has 0 spiro atoms. The molecular formula is C15H14N4O. The van der Waals surface area contributed by atoms with Gasteiger partial charge in [0.1, 0.15) is 5.82 Å². The van der Waals surface area contributed by atoms with Gasteiger partial charge in [-0.15, -0.1) is 0 Å². The summed E-state index contributed by atoms with van der Waals surface area (Å²) in [5.41, 5.74) is 1.77. The number of hydrogen-bond acceptors (Lipinski definition) is 4. The molecule has 3 aromatic rings. The number of aliphatic hydroxyl groups excluding tert-OH is 1. The van der Waals surface area contributed by atoms with Gasteiger partial charge in [0.05, 0.1) is 12.6 Å². The maximum Gasteiger partial charge on any atom is 0.140 e. The van der Waals surface area contributed by atoms with E-state index in [0.717, 1.165) is 17.0 Å². The van der Waals surface area contributed by atoms with Crippen molar-refractivity contribution in [2.24, 2.45) is 0 Å². The van der Waals surface area contributed by atoms with Crippen LogP contribution in [-0.4, -0.2) is 24.6 Å². The van der Waals surface area contributed by atoms with Crippen molar-refractivity contribution in [3.63, 3.8) is 0 Å². The Labute approximate surface area is 116 Å². The summed E-state index contributed by atoms with van der Waals surface area (Å²) in [5.74, 6) is 0.815. The van der Waals surface area contributed by atoms with Gasteiger partial charge in [0.25, 0.3) is 0 Å². The first-order chi connectivity index (χ1) is 9.84. The second-order valence-corrected chi connectivity index (χ2v) is 4.44. The third-order valence-electron chi connectivity index (χ3n) is 3.09. The lowest BCUT2D eigenvalue weighted by Crippen LogP contribution is -2.09. The van der Waals surface area contributed by atoms with Crippen molar-refractivity contribution in [1.29, 1.82) is 0 Å². The van der Waals surface area contributed by atoms with Crippen LogP contribution in [0.5, 0.6) is 0 Å². The van der Waals surface area contributed by atoms with Crippen LogP contribution in [0.25, 0.3) is 11.4 Å². The van der Waals surface area contributed by atoms with E-state index in [4.69, 9.17) is 0 Å². The Morgan fingerprint density at radius 1 is 1.05 bits per heavy atom. The summed E-state index contributed by atoms with van der Waals surface area (Å²) >= 11 is 0. The van der Waals surface area contributed by atoms with Crippen molar-refractivity contribution in [2.45, 2.75) is 12.6 Å².